The van der Waals surface area contributed by atoms with E-state index in [1.165, 1.54) is 5.56 Å². The van der Waals surface area contributed by atoms with Gasteiger partial charge in [-0.2, -0.15) is 0 Å². The van der Waals surface area contributed by atoms with Crippen LogP contribution in [0.4, 0.5) is 5.95 Å². The first-order chi connectivity index (χ1) is 13.0. The molecular weight excluding hydrogens is 404 g/mol. The van der Waals surface area contributed by atoms with Crippen LogP contribution >= 0.6 is 15.9 Å². The molecule has 1 unspecified atom stereocenters. The Kier molecular flexibility index (Phi) is 6.46. The van der Waals surface area contributed by atoms with Gasteiger partial charge in [-0.1, -0.05) is 47.8 Å². The molecule has 3 rings (SSSR count). The lowest BCUT2D eigenvalue weighted by atomic mass is 10.0. The lowest BCUT2D eigenvalue weighted by Gasteiger charge is -2.37. The average molecular weight is 427 g/mol. The SMILES string of the molecule is CC(C)Cc1ccc(C#CC(=O)N2CCN(c3ncccn3)C(Br)C2)cc1. The molecule has 0 spiro atoms. The molecule has 1 aromatic heterocycles. The number of carbonyl (C=O) groups excluding carboxylic acids is 1. The van der Waals surface area contributed by atoms with E-state index in [9.17, 15) is 4.79 Å². The summed E-state index contributed by atoms with van der Waals surface area (Å²) < 4.78 is 0. The first kappa shape index (κ1) is 19.4. The van der Waals surface area contributed by atoms with Crippen LogP contribution in [0, 0.1) is 17.8 Å². The smallest absolute Gasteiger partial charge is 0.298 e. The number of alkyl halides is 1. The number of piperazine rings is 1. The zero-order valence-corrected chi connectivity index (χ0v) is 17.2. The molecule has 1 aliphatic rings. The Bertz CT molecular complexity index is 827. The van der Waals surface area contributed by atoms with Gasteiger partial charge in [0.25, 0.3) is 5.91 Å². The second-order valence-electron chi connectivity index (χ2n) is 6.97. The molecule has 0 saturated carbocycles. The fourth-order valence-corrected chi connectivity index (χ4v) is 3.73. The summed E-state index contributed by atoms with van der Waals surface area (Å²) in [7, 11) is 0. The maximum Gasteiger partial charge on any atom is 0.298 e. The minimum atomic E-state index is -0.153. The fourth-order valence-electron chi connectivity index (χ4n) is 2.99. The summed E-state index contributed by atoms with van der Waals surface area (Å²) in [4.78, 5) is 24.8. The van der Waals surface area contributed by atoms with Crippen LogP contribution in [-0.2, 0) is 11.2 Å². The summed E-state index contributed by atoms with van der Waals surface area (Å²) in [5.74, 6) is 6.89. The second kappa shape index (κ2) is 9.01. The van der Waals surface area contributed by atoms with Gasteiger partial charge in [0.05, 0.1) is 6.54 Å². The maximum atomic E-state index is 12.5. The van der Waals surface area contributed by atoms with Crippen LogP contribution in [0.2, 0.25) is 0 Å². The molecule has 0 bridgehead atoms. The number of nitrogens with zero attached hydrogens (tertiary/aromatic N) is 4. The van der Waals surface area contributed by atoms with Gasteiger partial charge in [0.2, 0.25) is 5.95 Å². The van der Waals surface area contributed by atoms with Crippen LogP contribution in [-0.4, -0.2) is 45.4 Å². The van der Waals surface area contributed by atoms with Gasteiger partial charge >= 0.3 is 0 Å². The molecule has 27 heavy (non-hydrogen) atoms. The quantitative estimate of drug-likeness (QED) is 0.429. The monoisotopic (exact) mass is 426 g/mol. The molecule has 1 aliphatic heterocycles. The molecule has 2 aromatic rings. The number of benzene rings is 1. The highest BCUT2D eigenvalue weighted by Gasteiger charge is 2.28. The van der Waals surface area contributed by atoms with Crippen molar-refractivity contribution < 1.29 is 4.79 Å². The van der Waals surface area contributed by atoms with E-state index < -0.39 is 0 Å². The zero-order chi connectivity index (χ0) is 19.2. The number of amides is 1. The number of carbonyl (C=O) groups is 1. The van der Waals surface area contributed by atoms with Gasteiger partial charge in [-0.05, 0) is 36.1 Å². The number of hydrogen-bond acceptors (Lipinski definition) is 4. The number of rotatable bonds is 3. The Labute approximate surface area is 168 Å². The largest absolute Gasteiger partial charge is 0.327 e. The molecule has 0 radical (unpaired) electrons. The minimum Gasteiger partial charge on any atom is -0.327 e. The third-order valence-corrected chi connectivity index (χ3v) is 5.11. The summed E-state index contributed by atoms with van der Waals surface area (Å²) in [6, 6.07) is 9.92. The van der Waals surface area contributed by atoms with E-state index in [1.54, 1.807) is 23.4 Å². The number of aromatic nitrogens is 2. The molecule has 5 nitrogen and oxygen atoms in total. The predicted molar refractivity (Wildman–Crippen MR) is 111 cm³/mol. The molecular formula is C21H23BrN4O. The number of halogens is 1. The Morgan fingerprint density at radius 3 is 2.56 bits per heavy atom. The number of hydrogen-bond donors (Lipinski definition) is 0. The Morgan fingerprint density at radius 2 is 1.93 bits per heavy atom. The van der Waals surface area contributed by atoms with Gasteiger partial charge in [-0.3, -0.25) is 4.79 Å². The van der Waals surface area contributed by atoms with Crippen molar-refractivity contribution in [3.05, 3.63) is 53.9 Å². The molecule has 1 aromatic carbocycles. The highest BCUT2D eigenvalue weighted by Crippen LogP contribution is 2.20. The van der Waals surface area contributed by atoms with E-state index in [0.717, 1.165) is 12.0 Å². The summed E-state index contributed by atoms with van der Waals surface area (Å²) >= 11 is 3.63. The molecule has 6 heteroatoms. The van der Waals surface area contributed by atoms with Gasteiger partial charge in [-0.15, -0.1) is 0 Å². The summed E-state index contributed by atoms with van der Waals surface area (Å²) in [6.45, 7) is 6.21. The van der Waals surface area contributed by atoms with Crippen molar-refractivity contribution in [1.82, 2.24) is 14.9 Å². The third kappa shape index (κ3) is 5.30. The molecule has 1 atom stereocenters. The molecule has 2 heterocycles. The van der Waals surface area contributed by atoms with Crippen LogP contribution in [0.5, 0.6) is 0 Å². The van der Waals surface area contributed by atoms with Crippen LogP contribution < -0.4 is 4.90 Å². The lowest BCUT2D eigenvalue weighted by molar-refractivity contribution is -0.125. The Morgan fingerprint density at radius 1 is 1.22 bits per heavy atom. The van der Waals surface area contributed by atoms with E-state index >= 15 is 0 Å². The fraction of sp³-hybridized carbons (Fsp3) is 0.381. The summed E-state index contributed by atoms with van der Waals surface area (Å²) in [5.41, 5.74) is 2.16. The van der Waals surface area contributed by atoms with E-state index in [4.69, 9.17) is 0 Å². The van der Waals surface area contributed by atoms with Crippen molar-refractivity contribution in [3.8, 4) is 11.8 Å². The molecule has 0 aliphatic carbocycles. The van der Waals surface area contributed by atoms with Crippen molar-refractivity contribution in [3.63, 3.8) is 0 Å². The normalized spacial score (nSPS) is 16.8. The van der Waals surface area contributed by atoms with Crippen LogP contribution in [0.3, 0.4) is 0 Å². The highest BCUT2D eigenvalue weighted by molar-refractivity contribution is 9.09. The van der Waals surface area contributed by atoms with Crippen molar-refractivity contribution >= 4 is 27.8 Å². The first-order valence-electron chi connectivity index (χ1n) is 9.10. The number of anilines is 1. The summed E-state index contributed by atoms with van der Waals surface area (Å²) in [5, 5.41) is 0. The van der Waals surface area contributed by atoms with E-state index in [0.29, 0.717) is 31.5 Å². The maximum absolute atomic E-state index is 12.5. The zero-order valence-electron chi connectivity index (χ0n) is 15.6. The van der Waals surface area contributed by atoms with E-state index in [-0.39, 0.29) is 10.9 Å². The van der Waals surface area contributed by atoms with Gasteiger partial charge < -0.3 is 9.80 Å². The third-order valence-electron chi connectivity index (χ3n) is 4.33. The van der Waals surface area contributed by atoms with Crippen LogP contribution in [0.1, 0.15) is 25.0 Å². The Hall–Kier alpha value is -2.39. The molecule has 140 valence electrons. The molecule has 1 saturated heterocycles. The van der Waals surface area contributed by atoms with Crippen molar-refractivity contribution in [2.75, 3.05) is 24.5 Å². The van der Waals surface area contributed by atoms with Gasteiger partial charge in [-0.25, -0.2) is 9.97 Å². The second-order valence-corrected chi connectivity index (χ2v) is 8.03. The lowest BCUT2D eigenvalue weighted by Crippen LogP contribution is -2.52. The topological polar surface area (TPSA) is 49.3 Å². The van der Waals surface area contributed by atoms with E-state index in [1.807, 2.05) is 17.0 Å². The van der Waals surface area contributed by atoms with Crippen molar-refractivity contribution in [1.29, 1.82) is 0 Å². The van der Waals surface area contributed by atoms with Crippen molar-refractivity contribution in [2.24, 2.45) is 5.92 Å². The molecule has 1 fully saturated rings. The van der Waals surface area contributed by atoms with Crippen LogP contribution in [0.15, 0.2) is 42.7 Å². The van der Waals surface area contributed by atoms with Crippen molar-refractivity contribution in [2.45, 2.75) is 25.2 Å². The van der Waals surface area contributed by atoms with Gasteiger partial charge in [0.15, 0.2) is 0 Å². The standard InChI is InChI=1S/C21H23BrN4O/c1-16(2)14-18-6-4-17(5-7-18)8-9-20(27)25-12-13-26(19(22)15-25)21-23-10-3-11-24-21/h3-7,10-11,16,19H,12-15H2,1-2H3. The Balaban J connectivity index is 1.59. The predicted octanol–water partition coefficient (Wildman–Crippen LogP) is 3.10. The first-order valence-corrected chi connectivity index (χ1v) is 10.0. The molecule has 1 amide bonds. The highest BCUT2D eigenvalue weighted by atomic mass is 79.9. The van der Waals surface area contributed by atoms with Crippen LogP contribution in [0.25, 0.3) is 0 Å². The molecule has 0 N–H and O–H groups in total. The summed E-state index contributed by atoms with van der Waals surface area (Å²) in [6.07, 6.45) is 4.49. The minimum absolute atomic E-state index is 0.0327. The van der Waals surface area contributed by atoms with E-state index in [2.05, 4.69) is 63.7 Å². The average Bonchev–Trinajstić information content (AvgIpc) is 2.67. The van der Waals surface area contributed by atoms with Gasteiger partial charge in [0, 0.05) is 37.0 Å². The van der Waals surface area contributed by atoms with Gasteiger partial charge in [0.1, 0.15) is 4.95 Å².